The predicted octanol–water partition coefficient (Wildman–Crippen LogP) is 1.41. The second kappa shape index (κ2) is 4.50. The molecule has 1 N–H and O–H groups in total. The Labute approximate surface area is 110 Å². The fourth-order valence-electron chi connectivity index (χ4n) is 2.61. The summed E-state index contributed by atoms with van der Waals surface area (Å²) in [6.07, 6.45) is 5.42. The lowest BCUT2D eigenvalue weighted by Crippen LogP contribution is -2.43. The average Bonchev–Trinajstić information content (AvgIpc) is 2.85. The second-order valence-corrected chi connectivity index (χ2v) is 4.93. The van der Waals surface area contributed by atoms with Gasteiger partial charge < -0.3 is 10.2 Å². The number of nitrogens with zero attached hydrogens (tertiary/aromatic N) is 2. The fraction of sp³-hybridized carbons (Fsp3) is 0.357. The average molecular weight is 257 g/mol. The summed E-state index contributed by atoms with van der Waals surface area (Å²) in [5, 5.41) is 3.03. The quantitative estimate of drug-likeness (QED) is 0.842. The van der Waals surface area contributed by atoms with Crippen molar-refractivity contribution in [3.63, 3.8) is 0 Å². The minimum atomic E-state index is -0.425. The standard InChI is InChI=1S/C14H15N3O2/c1-9-3-2-8-17(9)12-11(13(18)14(12)19)16-10-4-6-15-7-5-10/h4-7,9H,2-3,8H2,1H3,(H,15,16). The molecule has 1 atom stereocenters. The van der Waals surface area contributed by atoms with Crippen LogP contribution in [0.25, 0.3) is 0 Å². The topological polar surface area (TPSA) is 62.3 Å². The Kier molecular flexibility index (Phi) is 2.81. The molecule has 3 rings (SSSR count). The molecule has 0 bridgehead atoms. The maximum atomic E-state index is 11.8. The van der Waals surface area contributed by atoms with Crippen molar-refractivity contribution in [1.29, 1.82) is 0 Å². The number of hydrogen-bond acceptors (Lipinski definition) is 5. The van der Waals surface area contributed by atoms with Gasteiger partial charge in [-0.2, -0.15) is 0 Å². The summed E-state index contributed by atoms with van der Waals surface area (Å²) < 4.78 is 0. The first-order valence-corrected chi connectivity index (χ1v) is 6.45. The molecule has 0 spiro atoms. The van der Waals surface area contributed by atoms with Crippen LogP contribution in [0.5, 0.6) is 0 Å². The third kappa shape index (κ3) is 1.91. The number of pyridine rings is 1. The molecule has 98 valence electrons. The van der Waals surface area contributed by atoms with Crippen molar-refractivity contribution in [3.8, 4) is 0 Å². The Morgan fingerprint density at radius 1 is 1.26 bits per heavy atom. The van der Waals surface area contributed by atoms with Gasteiger partial charge >= 0.3 is 0 Å². The lowest BCUT2D eigenvalue weighted by atomic mass is 10.1. The first kappa shape index (κ1) is 11.9. The lowest BCUT2D eigenvalue weighted by Gasteiger charge is -2.27. The van der Waals surface area contributed by atoms with E-state index in [4.69, 9.17) is 0 Å². The molecule has 1 aromatic heterocycles. The van der Waals surface area contributed by atoms with Crippen molar-refractivity contribution >= 4 is 17.1 Å². The first-order valence-electron chi connectivity index (χ1n) is 6.45. The van der Waals surface area contributed by atoms with Gasteiger partial charge in [-0.05, 0) is 31.9 Å². The molecule has 5 nitrogen and oxygen atoms in total. The van der Waals surface area contributed by atoms with Gasteiger partial charge in [0.25, 0.3) is 10.9 Å². The summed E-state index contributed by atoms with van der Waals surface area (Å²) in [5.74, 6) is 0. The van der Waals surface area contributed by atoms with E-state index in [1.165, 1.54) is 0 Å². The predicted molar refractivity (Wildman–Crippen MR) is 74.9 cm³/mol. The Morgan fingerprint density at radius 3 is 2.63 bits per heavy atom. The number of rotatable bonds is 3. The zero-order valence-electron chi connectivity index (χ0n) is 10.7. The van der Waals surface area contributed by atoms with Gasteiger partial charge in [-0.1, -0.05) is 0 Å². The molecule has 5 heteroatoms. The largest absolute Gasteiger partial charge is 0.364 e. The van der Waals surface area contributed by atoms with Crippen LogP contribution < -0.4 is 21.1 Å². The van der Waals surface area contributed by atoms with Gasteiger partial charge in [-0.3, -0.25) is 14.6 Å². The van der Waals surface area contributed by atoms with Crippen molar-refractivity contribution < 1.29 is 0 Å². The molecular weight excluding hydrogens is 242 g/mol. The molecule has 0 aliphatic carbocycles. The van der Waals surface area contributed by atoms with Crippen LogP contribution in [0.15, 0.2) is 34.1 Å². The zero-order valence-corrected chi connectivity index (χ0v) is 10.7. The Bertz CT molecular complexity index is 659. The van der Waals surface area contributed by atoms with Crippen LogP contribution in [0.3, 0.4) is 0 Å². The van der Waals surface area contributed by atoms with E-state index in [1.54, 1.807) is 24.5 Å². The molecule has 1 saturated heterocycles. The highest BCUT2D eigenvalue weighted by molar-refractivity contribution is 5.79. The van der Waals surface area contributed by atoms with Gasteiger partial charge in [0.15, 0.2) is 0 Å². The van der Waals surface area contributed by atoms with Crippen molar-refractivity contribution in [2.24, 2.45) is 0 Å². The Balaban J connectivity index is 1.93. The molecule has 1 aliphatic heterocycles. The van der Waals surface area contributed by atoms with E-state index in [1.807, 2.05) is 4.90 Å². The van der Waals surface area contributed by atoms with Crippen LogP contribution in [0.1, 0.15) is 19.8 Å². The highest BCUT2D eigenvalue weighted by atomic mass is 16.2. The molecule has 0 amide bonds. The number of anilines is 3. The van der Waals surface area contributed by atoms with Crippen LogP contribution in [-0.2, 0) is 0 Å². The van der Waals surface area contributed by atoms with Crippen molar-refractivity contribution in [2.75, 3.05) is 16.8 Å². The summed E-state index contributed by atoms with van der Waals surface area (Å²) in [6, 6.07) is 3.86. The highest BCUT2D eigenvalue weighted by Gasteiger charge is 2.31. The third-order valence-corrected chi connectivity index (χ3v) is 3.68. The van der Waals surface area contributed by atoms with E-state index in [-0.39, 0.29) is 5.43 Å². The van der Waals surface area contributed by atoms with E-state index in [9.17, 15) is 9.59 Å². The fourth-order valence-corrected chi connectivity index (χ4v) is 2.61. The van der Waals surface area contributed by atoms with Gasteiger partial charge in [0.2, 0.25) is 0 Å². The number of nitrogens with one attached hydrogen (secondary N) is 1. The smallest absolute Gasteiger partial charge is 0.253 e. The van der Waals surface area contributed by atoms with Crippen LogP contribution in [0.2, 0.25) is 0 Å². The normalized spacial score (nSPS) is 19.0. The van der Waals surface area contributed by atoms with Crippen LogP contribution in [0.4, 0.5) is 17.1 Å². The molecular formula is C14H15N3O2. The van der Waals surface area contributed by atoms with E-state index in [0.717, 1.165) is 25.1 Å². The van der Waals surface area contributed by atoms with Gasteiger partial charge in [0.05, 0.1) is 0 Å². The highest BCUT2D eigenvalue weighted by Crippen LogP contribution is 2.29. The SMILES string of the molecule is CC1CCCN1c1c(Nc2ccncc2)c(=O)c1=O. The maximum absolute atomic E-state index is 11.8. The van der Waals surface area contributed by atoms with Gasteiger partial charge in [-0.15, -0.1) is 0 Å². The Morgan fingerprint density at radius 2 is 2.00 bits per heavy atom. The molecule has 19 heavy (non-hydrogen) atoms. The lowest BCUT2D eigenvalue weighted by molar-refractivity contribution is 0.731. The monoisotopic (exact) mass is 257 g/mol. The van der Waals surface area contributed by atoms with E-state index >= 15 is 0 Å². The summed E-state index contributed by atoms with van der Waals surface area (Å²) >= 11 is 0. The number of hydrogen-bond donors (Lipinski definition) is 1. The molecule has 2 heterocycles. The molecule has 1 aromatic carbocycles. The van der Waals surface area contributed by atoms with Gasteiger partial charge in [0, 0.05) is 30.7 Å². The van der Waals surface area contributed by atoms with Crippen molar-refractivity contribution in [2.45, 2.75) is 25.8 Å². The Hall–Kier alpha value is -2.17. The zero-order chi connectivity index (χ0) is 13.4. The summed E-state index contributed by atoms with van der Waals surface area (Å²) in [6.45, 7) is 2.93. The molecule has 2 aromatic rings. The summed E-state index contributed by atoms with van der Waals surface area (Å²) in [5.41, 5.74) is 0.947. The minimum absolute atomic E-state index is 0.321. The summed E-state index contributed by atoms with van der Waals surface area (Å²) in [7, 11) is 0. The molecule has 1 unspecified atom stereocenters. The van der Waals surface area contributed by atoms with Crippen molar-refractivity contribution in [1.82, 2.24) is 4.98 Å². The third-order valence-electron chi connectivity index (χ3n) is 3.68. The molecule has 1 fully saturated rings. The van der Waals surface area contributed by atoms with E-state index < -0.39 is 5.43 Å². The molecule has 1 aliphatic rings. The van der Waals surface area contributed by atoms with Crippen LogP contribution in [0, 0.1) is 0 Å². The van der Waals surface area contributed by atoms with Crippen LogP contribution in [-0.4, -0.2) is 17.6 Å². The van der Waals surface area contributed by atoms with E-state index in [0.29, 0.717) is 17.4 Å². The van der Waals surface area contributed by atoms with E-state index in [2.05, 4.69) is 17.2 Å². The summed E-state index contributed by atoms with van der Waals surface area (Å²) in [4.78, 5) is 29.5. The second-order valence-electron chi connectivity index (χ2n) is 4.93. The van der Waals surface area contributed by atoms with Crippen molar-refractivity contribution in [3.05, 3.63) is 45.0 Å². The maximum Gasteiger partial charge on any atom is 0.253 e. The van der Waals surface area contributed by atoms with Crippen LogP contribution >= 0.6 is 0 Å². The first-order chi connectivity index (χ1) is 9.18. The number of aromatic nitrogens is 1. The van der Waals surface area contributed by atoms with Gasteiger partial charge in [0.1, 0.15) is 11.4 Å². The minimum Gasteiger partial charge on any atom is -0.364 e. The van der Waals surface area contributed by atoms with Gasteiger partial charge in [-0.25, -0.2) is 0 Å². The molecule has 0 saturated carbocycles. The molecule has 0 radical (unpaired) electrons.